The van der Waals surface area contributed by atoms with Gasteiger partial charge in [0, 0.05) is 12.0 Å². The predicted molar refractivity (Wildman–Crippen MR) is 74.2 cm³/mol. The van der Waals surface area contributed by atoms with Crippen molar-refractivity contribution >= 4 is 35.0 Å². The number of hydrogen-bond donors (Lipinski definition) is 0. The van der Waals surface area contributed by atoms with Crippen molar-refractivity contribution in [1.82, 2.24) is 29.7 Å². The summed E-state index contributed by atoms with van der Waals surface area (Å²) in [6, 6.07) is 0.524. The predicted octanol–water partition coefficient (Wildman–Crippen LogP) is 3.13. The molecule has 0 spiro atoms. The van der Waals surface area contributed by atoms with E-state index in [0.29, 0.717) is 17.1 Å². The molecular formula is C11H10Cl2N6S. The lowest BCUT2D eigenvalue weighted by molar-refractivity contribution is 0.626. The molecule has 6 nitrogen and oxygen atoms in total. The zero-order chi connectivity index (χ0) is 13.7. The Morgan fingerprint density at radius 2 is 1.65 bits per heavy atom. The fourth-order valence-corrected chi connectivity index (χ4v) is 3.40. The van der Waals surface area contributed by atoms with Gasteiger partial charge in [0.2, 0.25) is 15.7 Å². The second kappa shape index (κ2) is 4.82. The van der Waals surface area contributed by atoms with Gasteiger partial charge >= 0.3 is 0 Å². The molecule has 4 rings (SSSR count). The van der Waals surface area contributed by atoms with Crippen LogP contribution >= 0.6 is 35.0 Å². The van der Waals surface area contributed by atoms with Gasteiger partial charge in [0.15, 0.2) is 5.16 Å². The fourth-order valence-electron chi connectivity index (χ4n) is 2.09. The van der Waals surface area contributed by atoms with Gasteiger partial charge in [0.1, 0.15) is 5.82 Å². The Kier molecular flexibility index (Phi) is 3.08. The minimum atomic E-state index is 0.0902. The van der Waals surface area contributed by atoms with E-state index in [1.807, 2.05) is 0 Å². The number of nitrogens with zero attached hydrogens (tertiary/aromatic N) is 6. The summed E-state index contributed by atoms with van der Waals surface area (Å²) in [5.74, 6) is 1.67. The maximum Gasteiger partial charge on any atom is 0.227 e. The third-order valence-corrected chi connectivity index (χ3v) is 4.45. The summed E-state index contributed by atoms with van der Waals surface area (Å²) in [5, 5.41) is 10.1. The van der Waals surface area contributed by atoms with Gasteiger partial charge in [-0.25, -0.2) is 0 Å². The van der Waals surface area contributed by atoms with Gasteiger partial charge in [-0.3, -0.25) is 0 Å². The highest BCUT2D eigenvalue weighted by Gasteiger charge is 2.36. The molecule has 2 aliphatic rings. The molecule has 0 saturated heterocycles. The molecule has 2 aromatic rings. The van der Waals surface area contributed by atoms with E-state index in [0.717, 1.165) is 11.0 Å². The molecule has 0 aromatic carbocycles. The Morgan fingerprint density at radius 3 is 2.25 bits per heavy atom. The molecule has 2 aliphatic carbocycles. The van der Waals surface area contributed by atoms with Gasteiger partial charge in [-0.05, 0) is 60.6 Å². The fraction of sp³-hybridized carbons (Fsp3) is 0.545. The molecule has 20 heavy (non-hydrogen) atoms. The van der Waals surface area contributed by atoms with Crippen LogP contribution in [0.4, 0.5) is 0 Å². The topological polar surface area (TPSA) is 69.4 Å². The molecule has 0 radical (unpaired) electrons. The number of aromatic nitrogens is 6. The van der Waals surface area contributed by atoms with E-state index in [2.05, 4.69) is 29.7 Å². The van der Waals surface area contributed by atoms with E-state index in [4.69, 9.17) is 23.2 Å². The minimum absolute atomic E-state index is 0.0902. The molecule has 0 aliphatic heterocycles. The summed E-state index contributed by atoms with van der Waals surface area (Å²) in [5.41, 5.74) is 0. The molecule has 0 atom stereocenters. The molecule has 2 saturated carbocycles. The molecule has 9 heteroatoms. The van der Waals surface area contributed by atoms with Crippen molar-refractivity contribution in [2.75, 3.05) is 0 Å². The van der Waals surface area contributed by atoms with Crippen LogP contribution in [0.25, 0.3) is 0 Å². The number of rotatable bonds is 4. The van der Waals surface area contributed by atoms with Crippen molar-refractivity contribution in [1.29, 1.82) is 0 Å². The Labute approximate surface area is 129 Å². The van der Waals surface area contributed by atoms with E-state index >= 15 is 0 Å². The first kappa shape index (κ1) is 12.8. The summed E-state index contributed by atoms with van der Waals surface area (Å²) in [4.78, 5) is 11.9. The van der Waals surface area contributed by atoms with Crippen LogP contribution in [0.3, 0.4) is 0 Å². The van der Waals surface area contributed by atoms with Crippen molar-refractivity contribution in [3.8, 4) is 0 Å². The van der Waals surface area contributed by atoms with Crippen LogP contribution in [0.1, 0.15) is 43.5 Å². The van der Waals surface area contributed by atoms with Gasteiger partial charge in [-0.1, -0.05) is 0 Å². The summed E-state index contributed by atoms with van der Waals surface area (Å²) >= 11 is 12.9. The molecule has 0 unspecified atom stereocenters. The van der Waals surface area contributed by atoms with Gasteiger partial charge in [0.05, 0.1) is 0 Å². The second-order valence-electron chi connectivity index (χ2n) is 4.97. The first-order valence-electron chi connectivity index (χ1n) is 6.40. The molecular weight excluding hydrogens is 319 g/mol. The van der Waals surface area contributed by atoms with Crippen molar-refractivity contribution < 1.29 is 0 Å². The molecule has 0 amide bonds. The smallest absolute Gasteiger partial charge is 0.227 e. The maximum absolute atomic E-state index is 5.79. The third kappa shape index (κ3) is 2.49. The minimum Gasteiger partial charge on any atom is -0.302 e. The SMILES string of the molecule is Clc1nc(Cl)nc(Sc2nnc(C3CC3)n2C2CC2)n1. The summed E-state index contributed by atoms with van der Waals surface area (Å²) in [7, 11) is 0. The first-order chi connectivity index (χ1) is 9.70. The first-order valence-corrected chi connectivity index (χ1v) is 7.97. The lowest BCUT2D eigenvalue weighted by Crippen LogP contribution is -2.02. The zero-order valence-electron chi connectivity index (χ0n) is 10.3. The number of hydrogen-bond acceptors (Lipinski definition) is 6. The lowest BCUT2D eigenvalue weighted by Gasteiger charge is -2.07. The van der Waals surface area contributed by atoms with Crippen LogP contribution in [0.5, 0.6) is 0 Å². The Balaban J connectivity index is 1.68. The van der Waals surface area contributed by atoms with E-state index < -0.39 is 0 Å². The molecule has 0 N–H and O–H groups in total. The van der Waals surface area contributed by atoms with Crippen molar-refractivity contribution in [2.45, 2.75) is 48.0 Å². The highest BCUT2D eigenvalue weighted by atomic mass is 35.5. The van der Waals surface area contributed by atoms with Crippen LogP contribution in [0.2, 0.25) is 10.6 Å². The maximum atomic E-state index is 5.79. The largest absolute Gasteiger partial charge is 0.302 e. The normalized spacial score (nSPS) is 18.5. The second-order valence-corrected chi connectivity index (χ2v) is 6.58. The van der Waals surface area contributed by atoms with Crippen LogP contribution < -0.4 is 0 Å². The van der Waals surface area contributed by atoms with Gasteiger partial charge in [-0.2, -0.15) is 15.0 Å². The van der Waals surface area contributed by atoms with Crippen LogP contribution in [0.15, 0.2) is 10.3 Å². The van der Waals surface area contributed by atoms with Crippen LogP contribution in [0, 0.1) is 0 Å². The standard InChI is InChI=1S/C11H10Cl2N6S/c12-8-14-9(13)16-10(15-8)20-11-18-17-7(5-1-2-5)19(11)6-3-4-6/h5-6H,1-4H2. The number of halogens is 2. The molecule has 2 fully saturated rings. The molecule has 0 bridgehead atoms. The highest BCUT2D eigenvalue weighted by Crippen LogP contribution is 2.46. The molecule has 104 valence electrons. The van der Waals surface area contributed by atoms with E-state index in [-0.39, 0.29) is 10.6 Å². The van der Waals surface area contributed by atoms with E-state index in [9.17, 15) is 0 Å². The van der Waals surface area contributed by atoms with Crippen molar-refractivity contribution in [2.24, 2.45) is 0 Å². The molecule has 2 heterocycles. The average Bonchev–Trinajstić information content (AvgIpc) is 3.28. The quantitative estimate of drug-likeness (QED) is 0.858. The third-order valence-electron chi connectivity index (χ3n) is 3.29. The lowest BCUT2D eigenvalue weighted by atomic mass is 10.4. The van der Waals surface area contributed by atoms with E-state index in [1.54, 1.807) is 0 Å². The summed E-state index contributed by atoms with van der Waals surface area (Å²) < 4.78 is 2.23. The van der Waals surface area contributed by atoms with Crippen molar-refractivity contribution in [3.63, 3.8) is 0 Å². The van der Waals surface area contributed by atoms with E-state index in [1.165, 1.54) is 37.4 Å². The average molecular weight is 329 g/mol. The highest BCUT2D eigenvalue weighted by molar-refractivity contribution is 7.99. The van der Waals surface area contributed by atoms with Crippen LogP contribution in [-0.4, -0.2) is 29.7 Å². The zero-order valence-corrected chi connectivity index (χ0v) is 12.7. The van der Waals surface area contributed by atoms with Gasteiger partial charge < -0.3 is 4.57 Å². The Morgan fingerprint density at radius 1 is 0.950 bits per heavy atom. The summed E-state index contributed by atoms with van der Waals surface area (Å²) in [6.45, 7) is 0. The van der Waals surface area contributed by atoms with Crippen LogP contribution in [-0.2, 0) is 0 Å². The van der Waals surface area contributed by atoms with Crippen molar-refractivity contribution in [3.05, 3.63) is 16.4 Å². The summed E-state index contributed by atoms with van der Waals surface area (Å²) in [6.07, 6.45) is 4.78. The Hall–Kier alpha value is -0.920. The monoisotopic (exact) mass is 328 g/mol. The Bertz CT molecular complexity index is 647. The van der Waals surface area contributed by atoms with Gasteiger partial charge in [0.25, 0.3) is 0 Å². The molecule has 2 aromatic heterocycles. The van der Waals surface area contributed by atoms with Gasteiger partial charge in [-0.15, -0.1) is 10.2 Å².